The van der Waals surface area contributed by atoms with E-state index in [1.54, 1.807) is 17.7 Å². The van der Waals surface area contributed by atoms with Crippen LogP contribution in [0.25, 0.3) is 10.4 Å². The van der Waals surface area contributed by atoms with E-state index in [1.165, 1.54) is 15.3 Å². The Kier molecular flexibility index (Phi) is 4.25. The maximum absolute atomic E-state index is 4.08. The van der Waals surface area contributed by atoms with Crippen molar-refractivity contribution in [2.24, 2.45) is 7.05 Å². The van der Waals surface area contributed by atoms with Crippen molar-refractivity contribution in [1.29, 1.82) is 0 Å². The molecule has 4 nitrogen and oxygen atoms in total. The van der Waals surface area contributed by atoms with Crippen LogP contribution in [0.4, 0.5) is 0 Å². The maximum atomic E-state index is 4.08. The molecule has 1 N–H and O–H groups in total. The molecule has 0 spiro atoms. The normalized spacial score (nSPS) is 11.1. The third-order valence-electron chi connectivity index (χ3n) is 3.09. The lowest BCUT2D eigenvalue weighted by molar-refractivity contribution is 0.658. The fourth-order valence-electron chi connectivity index (χ4n) is 1.99. The van der Waals surface area contributed by atoms with Crippen LogP contribution >= 0.6 is 22.7 Å². The topological polar surface area (TPSA) is 42.7 Å². The second-order valence-electron chi connectivity index (χ2n) is 4.56. The molecule has 0 fully saturated rings. The lowest BCUT2D eigenvalue weighted by Gasteiger charge is -2.02. The Morgan fingerprint density at radius 3 is 3.05 bits per heavy atom. The van der Waals surface area contributed by atoms with Gasteiger partial charge in [-0.1, -0.05) is 6.07 Å². The Hall–Kier alpha value is -1.50. The first-order valence-corrected chi connectivity index (χ1v) is 8.24. The molecular weight excluding hydrogens is 288 g/mol. The largest absolute Gasteiger partial charge is 0.321 e. The second kappa shape index (κ2) is 6.30. The second-order valence-corrected chi connectivity index (χ2v) is 6.51. The van der Waals surface area contributed by atoms with Gasteiger partial charge in [-0.25, -0.2) is 0 Å². The van der Waals surface area contributed by atoms with E-state index in [1.807, 2.05) is 23.0 Å². The van der Waals surface area contributed by atoms with Crippen molar-refractivity contribution in [2.45, 2.75) is 13.0 Å². The molecule has 104 valence electrons. The van der Waals surface area contributed by atoms with E-state index in [2.05, 4.69) is 44.5 Å². The van der Waals surface area contributed by atoms with Gasteiger partial charge in [0.05, 0.1) is 0 Å². The molecule has 3 aromatic rings. The summed E-state index contributed by atoms with van der Waals surface area (Å²) < 4.78 is 1.96. The minimum Gasteiger partial charge on any atom is -0.321 e. The molecule has 3 heterocycles. The summed E-state index contributed by atoms with van der Waals surface area (Å²) in [6, 6.07) is 6.53. The highest BCUT2D eigenvalue weighted by Gasteiger charge is 2.04. The van der Waals surface area contributed by atoms with Gasteiger partial charge in [0.25, 0.3) is 0 Å². The number of nitrogens with zero attached hydrogens (tertiary/aromatic N) is 3. The minimum absolute atomic E-state index is 0.902. The van der Waals surface area contributed by atoms with Gasteiger partial charge in [-0.05, 0) is 22.9 Å². The Bertz CT molecular complexity index is 654. The summed E-state index contributed by atoms with van der Waals surface area (Å²) in [7, 11) is 1.97. The summed E-state index contributed by atoms with van der Waals surface area (Å²) >= 11 is 3.60. The SMILES string of the molecule is Cn1cnnc1CCNCc1cc(-c2cccs2)cs1. The monoisotopic (exact) mass is 304 g/mol. The van der Waals surface area contributed by atoms with Crippen LogP contribution in [-0.4, -0.2) is 21.3 Å². The van der Waals surface area contributed by atoms with E-state index < -0.39 is 0 Å². The van der Waals surface area contributed by atoms with Crippen molar-refractivity contribution in [3.63, 3.8) is 0 Å². The number of hydrogen-bond donors (Lipinski definition) is 1. The van der Waals surface area contributed by atoms with Gasteiger partial charge in [0, 0.05) is 41.9 Å². The van der Waals surface area contributed by atoms with Crippen molar-refractivity contribution in [1.82, 2.24) is 20.1 Å². The van der Waals surface area contributed by atoms with Crippen LogP contribution in [0.5, 0.6) is 0 Å². The molecule has 0 aliphatic carbocycles. The van der Waals surface area contributed by atoms with Crippen molar-refractivity contribution in [3.05, 3.63) is 46.0 Å². The highest BCUT2D eigenvalue weighted by Crippen LogP contribution is 2.29. The van der Waals surface area contributed by atoms with Crippen molar-refractivity contribution in [3.8, 4) is 10.4 Å². The lowest BCUT2D eigenvalue weighted by Crippen LogP contribution is -2.17. The van der Waals surface area contributed by atoms with Crippen molar-refractivity contribution >= 4 is 22.7 Å². The summed E-state index contributed by atoms with van der Waals surface area (Å²) in [5, 5.41) is 15.8. The molecule has 0 bridgehead atoms. The van der Waals surface area contributed by atoms with Crippen LogP contribution in [-0.2, 0) is 20.0 Å². The van der Waals surface area contributed by atoms with Crippen LogP contribution in [0.2, 0.25) is 0 Å². The van der Waals surface area contributed by atoms with Gasteiger partial charge in [0.2, 0.25) is 0 Å². The lowest BCUT2D eigenvalue weighted by atomic mass is 10.2. The molecule has 0 aliphatic rings. The predicted octanol–water partition coefficient (Wildman–Crippen LogP) is 2.94. The van der Waals surface area contributed by atoms with Crippen LogP contribution in [0, 0.1) is 0 Å². The van der Waals surface area contributed by atoms with E-state index >= 15 is 0 Å². The van der Waals surface area contributed by atoms with Gasteiger partial charge in [-0.15, -0.1) is 32.9 Å². The van der Waals surface area contributed by atoms with Gasteiger partial charge in [-0.2, -0.15) is 0 Å². The zero-order chi connectivity index (χ0) is 13.8. The summed E-state index contributed by atoms with van der Waals surface area (Å²) in [4.78, 5) is 2.71. The minimum atomic E-state index is 0.902. The predicted molar refractivity (Wildman–Crippen MR) is 84.0 cm³/mol. The molecule has 0 saturated heterocycles. The third kappa shape index (κ3) is 3.15. The Balaban J connectivity index is 1.48. The molecule has 0 radical (unpaired) electrons. The van der Waals surface area contributed by atoms with Gasteiger partial charge >= 0.3 is 0 Å². The molecule has 0 amide bonds. The summed E-state index contributed by atoms with van der Waals surface area (Å²) in [6.07, 6.45) is 2.64. The molecule has 20 heavy (non-hydrogen) atoms. The highest BCUT2D eigenvalue weighted by molar-refractivity contribution is 7.14. The smallest absolute Gasteiger partial charge is 0.133 e. The first-order chi connectivity index (χ1) is 9.83. The zero-order valence-electron chi connectivity index (χ0n) is 11.2. The summed E-state index contributed by atoms with van der Waals surface area (Å²) in [5.74, 6) is 1.02. The Labute approximate surface area is 126 Å². The molecule has 0 unspecified atom stereocenters. The summed E-state index contributed by atoms with van der Waals surface area (Å²) in [5.41, 5.74) is 1.33. The van der Waals surface area contributed by atoms with Gasteiger partial charge < -0.3 is 9.88 Å². The average molecular weight is 304 g/mol. The first kappa shape index (κ1) is 13.5. The van der Waals surface area contributed by atoms with Crippen molar-refractivity contribution in [2.75, 3.05) is 6.54 Å². The number of aromatic nitrogens is 3. The van der Waals surface area contributed by atoms with E-state index in [-0.39, 0.29) is 0 Å². The Morgan fingerprint density at radius 2 is 2.30 bits per heavy atom. The molecule has 0 aliphatic heterocycles. The quantitative estimate of drug-likeness (QED) is 0.712. The number of rotatable bonds is 6. The summed E-state index contributed by atoms with van der Waals surface area (Å²) in [6.45, 7) is 1.83. The van der Waals surface area contributed by atoms with Crippen molar-refractivity contribution < 1.29 is 0 Å². The van der Waals surface area contributed by atoms with Crippen LogP contribution < -0.4 is 5.32 Å². The molecule has 0 atom stereocenters. The van der Waals surface area contributed by atoms with E-state index in [0.29, 0.717) is 0 Å². The molecule has 0 saturated carbocycles. The fraction of sp³-hybridized carbons (Fsp3) is 0.286. The number of hydrogen-bond acceptors (Lipinski definition) is 5. The number of thiophene rings is 2. The molecule has 3 rings (SSSR count). The maximum Gasteiger partial charge on any atom is 0.133 e. The van der Waals surface area contributed by atoms with Gasteiger partial charge in [0.15, 0.2) is 0 Å². The average Bonchev–Trinajstić information content (AvgIpc) is 3.17. The zero-order valence-corrected chi connectivity index (χ0v) is 12.9. The van der Waals surface area contributed by atoms with E-state index in [0.717, 1.165) is 25.3 Å². The molecule has 6 heteroatoms. The standard InChI is InChI=1S/C14H16N4S2/c1-18-10-16-17-14(18)4-5-15-8-12-7-11(9-20-12)13-3-2-6-19-13/h2-3,6-7,9-10,15H,4-5,8H2,1H3. The molecule has 0 aromatic carbocycles. The third-order valence-corrected chi connectivity index (χ3v) is 4.94. The van der Waals surface area contributed by atoms with Crippen LogP contribution in [0.1, 0.15) is 10.7 Å². The van der Waals surface area contributed by atoms with Gasteiger partial charge in [-0.3, -0.25) is 0 Å². The highest BCUT2D eigenvalue weighted by atomic mass is 32.1. The fourth-order valence-corrected chi connectivity index (χ4v) is 3.63. The van der Waals surface area contributed by atoms with E-state index in [4.69, 9.17) is 0 Å². The molecule has 3 aromatic heterocycles. The number of nitrogens with one attached hydrogen (secondary N) is 1. The first-order valence-electron chi connectivity index (χ1n) is 6.48. The Morgan fingerprint density at radius 1 is 1.35 bits per heavy atom. The van der Waals surface area contributed by atoms with E-state index in [9.17, 15) is 0 Å². The van der Waals surface area contributed by atoms with Gasteiger partial charge in [0.1, 0.15) is 12.2 Å². The number of aryl methyl sites for hydroxylation is 1. The molecular formula is C14H16N4S2. The van der Waals surface area contributed by atoms with Crippen LogP contribution in [0.15, 0.2) is 35.3 Å². The van der Waals surface area contributed by atoms with Crippen LogP contribution in [0.3, 0.4) is 0 Å².